The van der Waals surface area contributed by atoms with Crippen molar-refractivity contribution in [3.05, 3.63) is 52.2 Å². The minimum Gasteiger partial charge on any atom is -0.330 e. The van der Waals surface area contributed by atoms with Crippen molar-refractivity contribution < 1.29 is 18.0 Å². The number of hydrogen-bond donors (Lipinski definition) is 2. The first kappa shape index (κ1) is 22.3. The highest BCUT2D eigenvalue weighted by molar-refractivity contribution is 8.01. The second kappa shape index (κ2) is 9.19. The third-order valence-electron chi connectivity index (χ3n) is 3.78. The molecule has 3 aromatic rings. The molecule has 12 heteroatoms. The summed E-state index contributed by atoms with van der Waals surface area (Å²) in [7, 11) is 0. The van der Waals surface area contributed by atoms with Crippen LogP contribution >= 0.6 is 34.7 Å². The van der Waals surface area contributed by atoms with Crippen LogP contribution in [0.5, 0.6) is 0 Å². The summed E-state index contributed by atoms with van der Waals surface area (Å²) in [4.78, 5) is 15.7. The van der Waals surface area contributed by atoms with Crippen LogP contribution in [0.2, 0.25) is 5.02 Å². The van der Waals surface area contributed by atoms with Gasteiger partial charge in [-0.3, -0.25) is 4.79 Å². The van der Waals surface area contributed by atoms with Crippen LogP contribution in [0.1, 0.15) is 16.7 Å². The van der Waals surface area contributed by atoms with Crippen molar-refractivity contribution in [2.45, 2.75) is 24.4 Å². The maximum absolute atomic E-state index is 12.6. The zero-order chi connectivity index (χ0) is 21.9. The summed E-state index contributed by atoms with van der Waals surface area (Å²) in [6, 6.07) is 6.70. The molecule has 0 aliphatic carbocycles. The molecule has 6 nitrogen and oxygen atoms in total. The van der Waals surface area contributed by atoms with Gasteiger partial charge >= 0.3 is 6.18 Å². The lowest BCUT2D eigenvalue weighted by molar-refractivity contribution is -0.137. The van der Waals surface area contributed by atoms with Gasteiger partial charge in [0.2, 0.25) is 11.0 Å². The van der Waals surface area contributed by atoms with E-state index in [0.29, 0.717) is 21.7 Å². The average Bonchev–Trinajstić information content (AvgIpc) is 3.11. The van der Waals surface area contributed by atoms with Gasteiger partial charge in [-0.1, -0.05) is 52.4 Å². The van der Waals surface area contributed by atoms with Gasteiger partial charge < -0.3 is 10.6 Å². The fourth-order valence-electron chi connectivity index (χ4n) is 2.37. The number of rotatable bonds is 6. The van der Waals surface area contributed by atoms with Gasteiger partial charge in [-0.05, 0) is 31.5 Å². The Morgan fingerprint density at radius 1 is 1.23 bits per heavy atom. The Bertz CT molecular complexity index is 1070. The molecule has 0 aliphatic heterocycles. The van der Waals surface area contributed by atoms with Gasteiger partial charge in [-0.15, -0.1) is 10.2 Å². The molecular formula is C18H15ClF3N5OS2. The van der Waals surface area contributed by atoms with E-state index < -0.39 is 17.6 Å². The predicted molar refractivity (Wildman–Crippen MR) is 113 cm³/mol. The second-order valence-electron chi connectivity index (χ2n) is 6.21. The van der Waals surface area contributed by atoms with Crippen LogP contribution in [0.3, 0.4) is 0 Å². The predicted octanol–water partition coefficient (Wildman–Crippen LogP) is 5.70. The van der Waals surface area contributed by atoms with Crippen LogP contribution in [0.25, 0.3) is 0 Å². The molecule has 0 saturated heterocycles. The van der Waals surface area contributed by atoms with Crippen LogP contribution in [0.4, 0.5) is 29.8 Å². The molecule has 0 bridgehead atoms. The molecule has 158 valence electrons. The molecule has 2 aromatic heterocycles. The smallest absolute Gasteiger partial charge is 0.330 e. The average molecular weight is 474 g/mol. The fourth-order valence-corrected chi connectivity index (χ4v) is 4.15. The third kappa shape index (κ3) is 5.83. The van der Waals surface area contributed by atoms with Crippen LogP contribution in [0.15, 0.2) is 34.8 Å². The van der Waals surface area contributed by atoms with Crippen molar-refractivity contribution in [3.8, 4) is 0 Å². The summed E-state index contributed by atoms with van der Waals surface area (Å²) in [5.41, 5.74) is 2.14. The second-order valence-corrected chi connectivity index (χ2v) is 8.81. The van der Waals surface area contributed by atoms with E-state index in [0.717, 1.165) is 28.6 Å². The quantitative estimate of drug-likeness (QED) is 0.447. The van der Waals surface area contributed by atoms with E-state index in [4.69, 9.17) is 11.6 Å². The first-order valence-corrected chi connectivity index (χ1v) is 10.6. The molecule has 1 aromatic carbocycles. The molecule has 30 heavy (non-hydrogen) atoms. The number of aromatic nitrogens is 3. The SMILES string of the molecule is Cc1ccc(Nc2nnc(SCC(=O)Nc3ncc(C(F)(F)F)cc3Cl)s2)c(C)c1. The van der Waals surface area contributed by atoms with E-state index in [2.05, 4.69) is 25.8 Å². The zero-order valence-corrected chi connectivity index (χ0v) is 18.1. The third-order valence-corrected chi connectivity index (χ3v) is 6.04. The zero-order valence-electron chi connectivity index (χ0n) is 15.7. The summed E-state index contributed by atoms with van der Waals surface area (Å²) in [5.74, 6) is -0.644. The maximum atomic E-state index is 12.6. The van der Waals surface area contributed by atoms with E-state index in [9.17, 15) is 18.0 Å². The molecule has 0 fully saturated rings. The largest absolute Gasteiger partial charge is 0.417 e. The normalized spacial score (nSPS) is 11.4. The number of carbonyl (C=O) groups is 1. The van der Waals surface area contributed by atoms with Gasteiger partial charge in [-0.25, -0.2) is 4.98 Å². The summed E-state index contributed by atoms with van der Waals surface area (Å²) in [5, 5.41) is 13.9. The molecule has 3 rings (SSSR count). The lowest BCUT2D eigenvalue weighted by atomic mass is 10.1. The van der Waals surface area contributed by atoms with Gasteiger partial charge in [0.15, 0.2) is 10.2 Å². The van der Waals surface area contributed by atoms with Crippen molar-refractivity contribution >= 4 is 57.2 Å². The van der Waals surface area contributed by atoms with E-state index in [1.54, 1.807) is 0 Å². The lowest BCUT2D eigenvalue weighted by Gasteiger charge is -2.09. The topological polar surface area (TPSA) is 79.8 Å². The van der Waals surface area contributed by atoms with E-state index in [1.807, 2.05) is 32.0 Å². The molecule has 0 atom stereocenters. The van der Waals surface area contributed by atoms with Gasteiger partial charge in [-0.2, -0.15) is 13.2 Å². The van der Waals surface area contributed by atoms with Crippen LogP contribution < -0.4 is 10.6 Å². The Kier molecular flexibility index (Phi) is 6.84. The van der Waals surface area contributed by atoms with Crippen molar-refractivity contribution in [1.29, 1.82) is 0 Å². The fraction of sp³-hybridized carbons (Fsp3) is 0.222. The number of halogens is 4. The molecule has 2 N–H and O–H groups in total. The van der Waals surface area contributed by atoms with Gasteiger partial charge in [0.1, 0.15) is 0 Å². The number of nitrogens with zero attached hydrogens (tertiary/aromatic N) is 3. The Morgan fingerprint density at radius 2 is 2.00 bits per heavy atom. The number of pyridine rings is 1. The molecule has 0 saturated carbocycles. The number of alkyl halides is 3. The standard InChI is InChI=1S/C18H15ClF3N5OS2/c1-9-3-4-13(10(2)5-9)24-16-26-27-17(30-16)29-8-14(28)25-15-12(19)6-11(7-23-15)18(20,21)22/h3-7H,8H2,1-2H3,(H,24,26)(H,23,25,28). The number of aryl methyl sites for hydroxylation is 2. The van der Waals surface area contributed by atoms with Gasteiger partial charge in [0.25, 0.3) is 0 Å². The minimum atomic E-state index is -4.56. The number of amides is 1. The number of nitrogens with one attached hydrogen (secondary N) is 2. The Labute approximate surface area is 183 Å². The Morgan fingerprint density at radius 3 is 2.67 bits per heavy atom. The highest BCUT2D eigenvalue weighted by Crippen LogP contribution is 2.33. The van der Waals surface area contributed by atoms with E-state index >= 15 is 0 Å². The van der Waals surface area contributed by atoms with Crippen LogP contribution in [-0.2, 0) is 11.0 Å². The van der Waals surface area contributed by atoms with Crippen molar-refractivity contribution in [3.63, 3.8) is 0 Å². The molecule has 0 unspecified atom stereocenters. The van der Waals surface area contributed by atoms with Gasteiger partial charge in [0, 0.05) is 11.9 Å². The monoisotopic (exact) mass is 473 g/mol. The van der Waals surface area contributed by atoms with E-state index in [1.165, 1.54) is 11.3 Å². The first-order chi connectivity index (χ1) is 14.1. The number of thioether (sulfide) groups is 1. The summed E-state index contributed by atoms with van der Waals surface area (Å²) < 4.78 is 38.5. The summed E-state index contributed by atoms with van der Waals surface area (Å²) in [6.45, 7) is 3.99. The highest BCUT2D eigenvalue weighted by Gasteiger charge is 2.31. The minimum absolute atomic E-state index is 0.0305. The van der Waals surface area contributed by atoms with E-state index in [-0.39, 0.29) is 16.6 Å². The summed E-state index contributed by atoms with van der Waals surface area (Å²) >= 11 is 8.21. The first-order valence-electron chi connectivity index (χ1n) is 8.45. The van der Waals surface area contributed by atoms with Crippen LogP contribution in [-0.4, -0.2) is 26.8 Å². The molecule has 2 heterocycles. The van der Waals surface area contributed by atoms with Crippen molar-refractivity contribution in [1.82, 2.24) is 15.2 Å². The number of anilines is 3. The summed E-state index contributed by atoms with van der Waals surface area (Å²) in [6.07, 6.45) is -3.94. The molecular weight excluding hydrogens is 459 g/mol. The lowest BCUT2D eigenvalue weighted by Crippen LogP contribution is -2.16. The van der Waals surface area contributed by atoms with Gasteiger partial charge in [0.05, 0.1) is 16.3 Å². The van der Waals surface area contributed by atoms with Crippen LogP contribution in [0, 0.1) is 13.8 Å². The van der Waals surface area contributed by atoms with Crippen molar-refractivity contribution in [2.75, 3.05) is 16.4 Å². The number of carbonyl (C=O) groups excluding carboxylic acids is 1. The number of hydrogen-bond acceptors (Lipinski definition) is 7. The molecule has 1 amide bonds. The Balaban J connectivity index is 1.55. The van der Waals surface area contributed by atoms with Crippen molar-refractivity contribution in [2.24, 2.45) is 0 Å². The molecule has 0 radical (unpaired) electrons. The Hall–Kier alpha value is -2.37. The highest BCUT2D eigenvalue weighted by atomic mass is 35.5. The number of benzene rings is 1. The molecule has 0 spiro atoms. The molecule has 0 aliphatic rings. The maximum Gasteiger partial charge on any atom is 0.417 e.